The minimum absolute atomic E-state index is 0.0945. The van der Waals surface area contributed by atoms with Crippen molar-refractivity contribution in [3.63, 3.8) is 0 Å². The van der Waals surface area contributed by atoms with Crippen LogP contribution in [0.5, 0.6) is 0 Å². The van der Waals surface area contributed by atoms with Crippen molar-refractivity contribution in [3.05, 3.63) is 71.9 Å². The average molecular weight is 341 g/mol. The fraction of sp³-hybridized carbons (Fsp3) is 0.167. The van der Waals surface area contributed by atoms with E-state index in [1.165, 1.54) is 30.3 Å². The number of hydrogen-bond acceptors (Lipinski definition) is 5. The molecule has 6 nitrogen and oxygen atoms in total. The normalized spacial score (nSPS) is 13.2. The molecule has 0 saturated heterocycles. The molecule has 2 unspecified atom stereocenters. The molecule has 128 valence electrons. The number of carbonyl (C=O) groups excluding carboxylic acids is 1. The van der Waals surface area contributed by atoms with Crippen LogP contribution in [-0.2, 0) is 0 Å². The molecule has 7 heteroatoms. The van der Waals surface area contributed by atoms with Crippen molar-refractivity contribution in [2.24, 2.45) is 0 Å². The Bertz CT molecular complexity index is 850. The molecule has 3 rings (SSSR count). The van der Waals surface area contributed by atoms with Crippen LogP contribution in [-0.4, -0.2) is 27.2 Å². The van der Waals surface area contributed by atoms with E-state index >= 15 is 0 Å². The Morgan fingerprint density at radius 3 is 2.72 bits per heavy atom. The van der Waals surface area contributed by atoms with Crippen LogP contribution in [0.3, 0.4) is 0 Å². The van der Waals surface area contributed by atoms with Crippen LogP contribution in [0.15, 0.2) is 59.4 Å². The lowest BCUT2D eigenvalue weighted by Gasteiger charge is -2.20. The summed E-state index contributed by atoms with van der Waals surface area (Å²) in [7, 11) is 0. The Labute approximate surface area is 143 Å². The number of aliphatic hydroxyl groups excluding tert-OH is 1. The molecule has 2 heterocycles. The molecule has 0 aliphatic heterocycles. The number of aromatic nitrogens is 2. The Morgan fingerprint density at radius 1 is 1.28 bits per heavy atom. The molecular formula is C18H16FN3O3. The lowest BCUT2D eigenvalue weighted by atomic mass is 10.0. The van der Waals surface area contributed by atoms with Crippen molar-refractivity contribution in [2.75, 3.05) is 0 Å². The number of pyridine rings is 1. The molecule has 25 heavy (non-hydrogen) atoms. The molecule has 0 radical (unpaired) electrons. The molecule has 2 N–H and O–H groups in total. The van der Waals surface area contributed by atoms with E-state index in [9.17, 15) is 14.3 Å². The molecule has 2 aromatic heterocycles. The molecule has 1 aromatic carbocycles. The van der Waals surface area contributed by atoms with Crippen LogP contribution in [0.25, 0.3) is 11.3 Å². The van der Waals surface area contributed by atoms with Gasteiger partial charge in [0.15, 0.2) is 11.5 Å². The summed E-state index contributed by atoms with van der Waals surface area (Å²) in [6.07, 6.45) is 2.25. The summed E-state index contributed by atoms with van der Waals surface area (Å²) in [4.78, 5) is 16.2. The lowest BCUT2D eigenvalue weighted by Crippen LogP contribution is -2.37. The quantitative estimate of drug-likeness (QED) is 0.745. The van der Waals surface area contributed by atoms with Crippen LogP contribution in [0, 0.1) is 5.82 Å². The fourth-order valence-corrected chi connectivity index (χ4v) is 2.34. The van der Waals surface area contributed by atoms with E-state index in [0.717, 1.165) is 0 Å². The number of carbonyl (C=O) groups is 1. The minimum atomic E-state index is -0.978. The van der Waals surface area contributed by atoms with Gasteiger partial charge in [0, 0.05) is 24.0 Å². The third kappa shape index (κ3) is 3.89. The van der Waals surface area contributed by atoms with Gasteiger partial charge in [-0.1, -0.05) is 17.3 Å². The molecule has 0 saturated carbocycles. The molecule has 2 atom stereocenters. The second kappa shape index (κ2) is 7.23. The third-order valence-corrected chi connectivity index (χ3v) is 3.73. The number of halogens is 1. The number of nitrogens with zero attached hydrogens (tertiary/aromatic N) is 2. The summed E-state index contributed by atoms with van der Waals surface area (Å²) in [6.45, 7) is 1.65. The summed E-state index contributed by atoms with van der Waals surface area (Å²) < 4.78 is 18.1. The molecule has 0 bridgehead atoms. The number of nitrogens with one attached hydrogen (secondary N) is 1. The Hall–Kier alpha value is -3.06. The van der Waals surface area contributed by atoms with Gasteiger partial charge in [-0.2, -0.15) is 0 Å². The number of amides is 1. The van der Waals surface area contributed by atoms with Crippen LogP contribution in [0.4, 0.5) is 4.39 Å². The van der Waals surface area contributed by atoms with E-state index in [4.69, 9.17) is 4.52 Å². The molecule has 0 spiro atoms. The third-order valence-electron chi connectivity index (χ3n) is 3.73. The Kier molecular flexibility index (Phi) is 4.85. The predicted molar refractivity (Wildman–Crippen MR) is 88.0 cm³/mol. The van der Waals surface area contributed by atoms with Gasteiger partial charge in [0.1, 0.15) is 5.82 Å². The highest BCUT2D eigenvalue weighted by molar-refractivity contribution is 5.93. The van der Waals surface area contributed by atoms with E-state index in [-0.39, 0.29) is 5.69 Å². The number of benzene rings is 1. The van der Waals surface area contributed by atoms with Crippen LogP contribution in [0.2, 0.25) is 0 Å². The van der Waals surface area contributed by atoms with Crippen molar-refractivity contribution >= 4 is 5.91 Å². The smallest absolute Gasteiger partial charge is 0.273 e. The maximum Gasteiger partial charge on any atom is 0.273 e. The molecule has 3 aromatic rings. The molecule has 0 fully saturated rings. The van der Waals surface area contributed by atoms with E-state index in [1.54, 1.807) is 31.5 Å². The maximum absolute atomic E-state index is 13.0. The molecule has 1 amide bonds. The molecule has 0 aliphatic rings. The second-order valence-corrected chi connectivity index (χ2v) is 5.58. The summed E-state index contributed by atoms with van der Waals surface area (Å²) in [5, 5.41) is 16.7. The van der Waals surface area contributed by atoms with Crippen LogP contribution >= 0.6 is 0 Å². The monoisotopic (exact) mass is 341 g/mol. The second-order valence-electron chi connectivity index (χ2n) is 5.58. The standard InChI is InChI=1S/C18H16FN3O3/c1-11(17(23)12-4-6-14(19)7-5-12)21-18(24)15-9-16(25-22-15)13-3-2-8-20-10-13/h2-11,17,23H,1H3,(H,21,24). The SMILES string of the molecule is CC(NC(=O)c1cc(-c2cccnc2)on1)C(O)c1ccc(F)cc1. The van der Waals surface area contributed by atoms with E-state index in [0.29, 0.717) is 16.9 Å². The topological polar surface area (TPSA) is 88.3 Å². The van der Waals surface area contributed by atoms with Crippen molar-refractivity contribution in [1.82, 2.24) is 15.5 Å². The van der Waals surface area contributed by atoms with Gasteiger partial charge in [-0.25, -0.2) is 4.39 Å². The van der Waals surface area contributed by atoms with Gasteiger partial charge < -0.3 is 14.9 Å². The number of rotatable bonds is 5. The summed E-state index contributed by atoms with van der Waals surface area (Å²) >= 11 is 0. The first-order valence-corrected chi connectivity index (χ1v) is 7.66. The van der Waals surface area contributed by atoms with E-state index < -0.39 is 23.9 Å². The first-order chi connectivity index (χ1) is 12.0. The Morgan fingerprint density at radius 2 is 2.04 bits per heavy atom. The zero-order chi connectivity index (χ0) is 17.8. The fourth-order valence-electron chi connectivity index (χ4n) is 2.34. The van der Waals surface area contributed by atoms with Crippen molar-refractivity contribution < 1.29 is 18.8 Å². The zero-order valence-electron chi connectivity index (χ0n) is 13.4. The van der Waals surface area contributed by atoms with Gasteiger partial charge in [-0.3, -0.25) is 9.78 Å². The molecular weight excluding hydrogens is 325 g/mol. The molecule has 0 aliphatic carbocycles. The maximum atomic E-state index is 13.0. The van der Waals surface area contributed by atoms with Gasteiger partial charge in [0.2, 0.25) is 0 Å². The van der Waals surface area contributed by atoms with Gasteiger partial charge in [-0.15, -0.1) is 0 Å². The minimum Gasteiger partial charge on any atom is -0.386 e. The van der Waals surface area contributed by atoms with Gasteiger partial charge in [0.25, 0.3) is 5.91 Å². The predicted octanol–water partition coefficient (Wildman–Crippen LogP) is 2.73. The van der Waals surface area contributed by atoms with Crippen molar-refractivity contribution in [3.8, 4) is 11.3 Å². The van der Waals surface area contributed by atoms with Crippen LogP contribution in [0.1, 0.15) is 29.1 Å². The summed E-state index contributed by atoms with van der Waals surface area (Å²) in [5.41, 5.74) is 1.30. The van der Waals surface area contributed by atoms with Crippen LogP contribution < -0.4 is 5.32 Å². The number of aliphatic hydroxyl groups is 1. The summed E-state index contributed by atoms with van der Waals surface area (Å²) in [5.74, 6) is -0.448. The van der Waals surface area contributed by atoms with Gasteiger partial charge in [0.05, 0.1) is 12.1 Å². The van der Waals surface area contributed by atoms with Gasteiger partial charge >= 0.3 is 0 Å². The van der Waals surface area contributed by atoms with E-state index in [1.807, 2.05) is 0 Å². The lowest BCUT2D eigenvalue weighted by molar-refractivity contribution is 0.0843. The highest BCUT2D eigenvalue weighted by atomic mass is 19.1. The zero-order valence-corrected chi connectivity index (χ0v) is 13.4. The van der Waals surface area contributed by atoms with E-state index in [2.05, 4.69) is 15.5 Å². The first-order valence-electron chi connectivity index (χ1n) is 7.66. The van der Waals surface area contributed by atoms with Gasteiger partial charge in [-0.05, 0) is 36.8 Å². The highest BCUT2D eigenvalue weighted by Crippen LogP contribution is 2.20. The van der Waals surface area contributed by atoms with Crippen molar-refractivity contribution in [2.45, 2.75) is 19.1 Å². The Balaban J connectivity index is 1.67. The number of hydrogen-bond donors (Lipinski definition) is 2. The highest BCUT2D eigenvalue weighted by Gasteiger charge is 2.21. The summed E-state index contributed by atoms with van der Waals surface area (Å²) in [6, 6.07) is 9.89. The first kappa shape index (κ1) is 16.8. The van der Waals surface area contributed by atoms with Crippen molar-refractivity contribution in [1.29, 1.82) is 0 Å². The average Bonchev–Trinajstić information content (AvgIpc) is 3.13. The largest absolute Gasteiger partial charge is 0.386 e.